The van der Waals surface area contributed by atoms with E-state index >= 15 is 0 Å². The Bertz CT molecular complexity index is 1650. The molecule has 0 spiro atoms. The number of phosphoric ester groups is 1. The highest BCUT2D eigenvalue weighted by atomic mass is 35.5. The molecule has 0 saturated heterocycles. The van der Waals surface area contributed by atoms with E-state index in [9.17, 15) is 23.3 Å². The van der Waals surface area contributed by atoms with Crippen molar-refractivity contribution in [1.29, 1.82) is 0 Å². The molecule has 0 aliphatic heterocycles. The van der Waals surface area contributed by atoms with Gasteiger partial charge in [0.25, 0.3) is 0 Å². The summed E-state index contributed by atoms with van der Waals surface area (Å²) < 4.78 is 34.5. The van der Waals surface area contributed by atoms with E-state index in [1.54, 1.807) is 18.3 Å². The lowest BCUT2D eigenvalue weighted by atomic mass is 10.1. The zero-order chi connectivity index (χ0) is 35.1. The van der Waals surface area contributed by atoms with Gasteiger partial charge in [0.05, 0.1) is 17.7 Å². The first-order chi connectivity index (χ1) is 22.8. The number of fused-ring (bicyclic) bond motifs is 1. The highest BCUT2D eigenvalue weighted by molar-refractivity contribution is 7.46. The number of hydrogen-bond acceptors (Lipinski definition) is 8. The van der Waals surface area contributed by atoms with Gasteiger partial charge in [0.15, 0.2) is 5.96 Å². The summed E-state index contributed by atoms with van der Waals surface area (Å²) in [4.78, 5) is 64.4. The number of urea groups is 2. The summed E-state index contributed by atoms with van der Waals surface area (Å²) in [7, 11) is -3.13. The number of ether oxygens (including phenoxy) is 1. The van der Waals surface area contributed by atoms with Gasteiger partial charge in [-0.2, -0.15) is 0 Å². The molecule has 0 saturated carbocycles. The number of benzene rings is 2. The summed E-state index contributed by atoms with van der Waals surface area (Å²) in [6.07, 6.45) is 2.16. The second-order valence-electron chi connectivity index (χ2n) is 10.2. The average molecular weight is 711 g/mol. The van der Waals surface area contributed by atoms with Crippen molar-refractivity contribution in [2.75, 3.05) is 38.7 Å². The van der Waals surface area contributed by atoms with Gasteiger partial charge in [-0.15, -0.1) is 0 Å². The molecule has 0 bridgehead atoms. The molecule has 3 aromatic rings. The number of rotatable bonds is 15. The number of anilines is 1. The van der Waals surface area contributed by atoms with Crippen molar-refractivity contribution in [2.24, 2.45) is 10.7 Å². The van der Waals surface area contributed by atoms with Gasteiger partial charge in [-0.25, -0.2) is 28.3 Å². The number of aromatic nitrogens is 1. The molecule has 0 aliphatic rings. The van der Waals surface area contributed by atoms with E-state index in [-0.39, 0.29) is 49.6 Å². The number of primary amides is 1. The smallest absolute Gasteiger partial charge is 0.447 e. The van der Waals surface area contributed by atoms with Crippen molar-refractivity contribution >= 4 is 60.1 Å². The predicted octanol–water partition coefficient (Wildman–Crippen LogP) is 3.68. The largest absolute Gasteiger partial charge is 0.469 e. The van der Waals surface area contributed by atoms with Gasteiger partial charge in [-0.3, -0.25) is 20.1 Å². The van der Waals surface area contributed by atoms with Crippen LogP contribution < -0.4 is 27.0 Å². The lowest BCUT2D eigenvalue weighted by Gasteiger charge is -2.28. The molecule has 1 aromatic heterocycles. The summed E-state index contributed by atoms with van der Waals surface area (Å²) in [6.45, 7) is -0.477. The van der Waals surface area contributed by atoms with Crippen LogP contribution in [-0.2, 0) is 20.4 Å². The van der Waals surface area contributed by atoms with Crippen LogP contribution in [0.3, 0.4) is 0 Å². The first-order valence-corrected chi connectivity index (χ1v) is 16.5. The number of likely N-dealkylation sites (N-methyl/N-ethyl adjacent to an activating group) is 1. The van der Waals surface area contributed by atoms with Crippen molar-refractivity contribution in [1.82, 2.24) is 25.8 Å². The van der Waals surface area contributed by atoms with Crippen LogP contribution >= 0.6 is 19.4 Å². The average Bonchev–Trinajstić information content (AvgIpc) is 3.03. The molecule has 1 atom stereocenters. The number of hydrogen-bond donors (Lipinski definition) is 7. The number of nitrogens with zero attached hydrogens (tertiary/aromatic N) is 3. The van der Waals surface area contributed by atoms with Crippen molar-refractivity contribution < 1.29 is 42.4 Å². The van der Waals surface area contributed by atoms with Crippen molar-refractivity contribution in [3.8, 4) is 0 Å². The van der Waals surface area contributed by atoms with Gasteiger partial charge in [0, 0.05) is 38.3 Å². The Balaban J connectivity index is 1.59. The van der Waals surface area contributed by atoms with Crippen LogP contribution in [0.25, 0.3) is 10.8 Å². The Morgan fingerprint density at radius 3 is 2.60 bits per heavy atom. The highest BCUT2D eigenvalue weighted by Crippen LogP contribution is 2.35. The molecular formula is C29H37ClFN8O8P. The molecular weight excluding hydrogens is 674 g/mol. The van der Waals surface area contributed by atoms with E-state index in [2.05, 4.69) is 35.8 Å². The zero-order valence-electron chi connectivity index (χ0n) is 25.9. The molecule has 19 heteroatoms. The summed E-state index contributed by atoms with van der Waals surface area (Å²) in [5.74, 6) is -0.354. The van der Waals surface area contributed by atoms with E-state index in [4.69, 9.17) is 31.9 Å². The summed E-state index contributed by atoms with van der Waals surface area (Å²) in [6, 6.07) is 11.4. The Morgan fingerprint density at radius 1 is 1.12 bits per heavy atom. The van der Waals surface area contributed by atoms with Crippen molar-refractivity contribution in [2.45, 2.75) is 31.8 Å². The molecule has 8 N–H and O–H groups in total. The van der Waals surface area contributed by atoms with Crippen LogP contribution in [-0.4, -0.2) is 83.2 Å². The number of halogens is 2. The molecule has 3 rings (SSSR count). The van der Waals surface area contributed by atoms with Crippen LogP contribution in [0.4, 0.5) is 24.6 Å². The maximum absolute atomic E-state index is 13.8. The molecule has 260 valence electrons. The molecule has 5 amide bonds. The molecule has 2 aromatic carbocycles. The Labute approximate surface area is 280 Å². The topological polar surface area (TPSA) is 230 Å². The monoisotopic (exact) mass is 710 g/mol. The normalized spacial score (nSPS) is 12.2. The lowest BCUT2D eigenvalue weighted by molar-refractivity contribution is 0.113. The van der Waals surface area contributed by atoms with Crippen LogP contribution in [0.1, 0.15) is 24.8 Å². The van der Waals surface area contributed by atoms with Crippen LogP contribution in [0, 0.1) is 5.82 Å². The third-order valence-corrected chi connectivity index (χ3v) is 7.65. The van der Waals surface area contributed by atoms with E-state index in [1.807, 2.05) is 24.3 Å². The summed E-state index contributed by atoms with van der Waals surface area (Å²) in [5, 5.41) is 11.9. The first-order valence-electron chi connectivity index (χ1n) is 14.6. The maximum atomic E-state index is 13.8. The molecule has 48 heavy (non-hydrogen) atoms. The van der Waals surface area contributed by atoms with Gasteiger partial charge in [0.2, 0.25) is 0 Å². The molecule has 0 aliphatic carbocycles. The quantitative estimate of drug-likeness (QED) is 0.0524. The van der Waals surface area contributed by atoms with E-state index in [1.165, 1.54) is 24.1 Å². The van der Waals surface area contributed by atoms with Gasteiger partial charge in [-0.1, -0.05) is 48.0 Å². The number of pyridine rings is 1. The fourth-order valence-corrected chi connectivity index (χ4v) is 4.79. The molecule has 0 fully saturated rings. The predicted molar refractivity (Wildman–Crippen MR) is 177 cm³/mol. The molecule has 16 nitrogen and oxygen atoms in total. The Morgan fingerprint density at radius 2 is 1.88 bits per heavy atom. The van der Waals surface area contributed by atoms with E-state index < -0.39 is 37.8 Å². The second-order valence-corrected chi connectivity index (χ2v) is 11.9. The minimum absolute atomic E-state index is 0.0248. The number of nitrogens with two attached hydrogens (primary N) is 1. The molecule has 0 unspecified atom stereocenters. The number of unbranched alkanes of at least 4 members (excludes halogenated alkanes) is 1. The van der Waals surface area contributed by atoms with E-state index in [0.717, 1.165) is 10.8 Å². The fourth-order valence-electron chi connectivity index (χ4n) is 4.27. The number of aliphatic imine (C=N–C) groups is 1. The van der Waals surface area contributed by atoms with Gasteiger partial charge < -0.3 is 35.8 Å². The SMILES string of the molecule is CN(C(=O)NCc1cccc(F)c1Cl)[C@@H](CCCCN=C(NCCOP(=O)(O)O)NC(N)=O)COC(=O)Nc1cc2ccccc2cn1. The number of amides is 5. The van der Waals surface area contributed by atoms with Crippen molar-refractivity contribution in [3.05, 3.63) is 71.1 Å². The van der Waals surface area contributed by atoms with Gasteiger partial charge in [-0.05, 0) is 42.3 Å². The molecule has 1 heterocycles. The number of carbonyl (C=O) groups excluding carboxylic acids is 3. The van der Waals surface area contributed by atoms with Crippen LogP contribution in [0.15, 0.2) is 59.7 Å². The highest BCUT2D eigenvalue weighted by Gasteiger charge is 2.22. The standard InChI is InChI=1S/C29H37ClFN8O8P/c1-39(28(41)36-17-21-9-6-11-23(31)25(21)30)22(18-46-29(42)37-24-15-19-7-2-3-8-20(19)16-35-24)10-4-5-12-33-27(38-26(32)40)34-13-14-47-48(43,44)45/h2-3,6-9,11,15-16,22H,4-5,10,12-14,17-18H2,1H3,(H,36,41)(H,35,37,42)(H2,43,44,45)(H4,32,33,34,38,40)/t22-/m0/s1. The minimum Gasteiger partial charge on any atom is -0.447 e. The van der Waals surface area contributed by atoms with Gasteiger partial charge in [0.1, 0.15) is 18.2 Å². The second kappa shape index (κ2) is 18.7. The third-order valence-electron chi connectivity index (χ3n) is 6.71. The first kappa shape index (κ1) is 37.9. The molecule has 0 radical (unpaired) electrons. The minimum atomic E-state index is -4.66. The van der Waals surface area contributed by atoms with Crippen LogP contribution in [0.2, 0.25) is 5.02 Å². The number of nitrogens with one attached hydrogen (secondary N) is 4. The summed E-state index contributed by atoms with van der Waals surface area (Å²) in [5.41, 5.74) is 5.54. The number of carbonyl (C=O) groups is 3. The van der Waals surface area contributed by atoms with Crippen molar-refractivity contribution in [3.63, 3.8) is 0 Å². The van der Waals surface area contributed by atoms with Crippen LogP contribution in [0.5, 0.6) is 0 Å². The third kappa shape index (κ3) is 13.3. The van der Waals surface area contributed by atoms with Gasteiger partial charge >= 0.3 is 26.0 Å². The number of guanidine groups is 1. The maximum Gasteiger partial charge on any atom is 0.469 e. The summed E-state index contributed by atoms with van der Waals surface area (Å²) >= 11 is 6.01. The Kier molecular flexibility index (Phi) is 14.8. The van der Waals surface area contributed by atoms with E-state index in [0.29, 0.717) is 24.8 Å². The fraction of sp³-hybridized carbons (Fsp3) is 0.345. The Hall–Kier alpha value is -4.54. The number of phosphoric acid groups is 1. The zero-order valence-corrected chi connectivity index (χ0v) is 27.5. The lowest BCUT2D eigenvalue weighted by Crippen LogP contribution is -2.46.